The third-order valence-corrected chi connectivity index (χ3v) is 3.93. The number of aryl methyl sites for hydroxylation is 1. The molecule has 0 aliphatic heterocycles. The normalized spacial score (nSPS) is 16.2. The van der Waals surface area contributed by atoms with Crippen molar-refractivity contribution in [2.24, 2.45) is 4.99 Å². The lowest BCUT2D eigenvalue weighted by atomic mass is 9.71. The van der Waals surface area contributed by atoms with E-state index in [9.17, 15) is 4.79 Å². The summed E-state index contributed by atoms with van der Waals surface area (Å²) in [5.74, 6) is 1.60. The lowest BCUT2D eigenvalue weighted by Gasteiger charge is -2.38. The van der Waals surface area contributed by atoms with Gasteiger partial charge in [-0.25, -0.2) is 4.79 Å². The first-order chi connectivity index (χ1) is 9.20. The molecule has 102 valence electrons. The first-order valence-electron chi connectivity index (χ1n) is 6.55. The molecule has 1 aliphatic carbocycles. The predicted octanol–water partition coefficient (Wildman–Crippen LogP) is 2.98. The fourth-order valence-electron chi connectivity index (χ4n) is 2.64. The second-order valence-electron chi connectivity index (χ2n) is 4.81. The summed E-state index contributed by atoms with van der Waals surface area (Å²) < 4.78 is 10.9. The van der Waals surface area contributed by atoms with Crippen molar-refractivity contribution in [2.75, 3.05) is 14.2 Å². The lowest BCUT2D eigenvalue weighted by molar-refractivity contribution is 0.245. The largest absolute Gasteiger partial charge is 0.496 e. The number of ether oxygens (including phenoxy) is 2. The summed E-state index contributed by atoms with van der Waals surface area (Å²) in [7, 11) is 3.29. The van der Waals surface area contributed by atoms with Crippen molar-refractivity contribution in [3.63, 3.8) is 0 Å². The molecule has 0 amide bonds. The molecular formula is C15H19NO3. The Bertz CT molecular complexity index is 514. The molecule has 0 atom stereocenters. The van der Waals surface area contributed by atoms with Gasteiger partial charge in [0.1, 0.15) is 17.0 Å². The van der Waals surface area contributed by atoms with E-state index in [1.54, 1.807) is 20.3 Å². The molecule has 1 aromatic rings. The number of carbonyl (C=O) groups excluding carboxylic acids is 1. The smallest absolute Gasteiger partial charge is 0.235 e. The molecule has 1 aliphatic rings. The Morgan fingerprint density at radius 2 is 1.95 bits per heavy atom. The van der Waals surface area contributed by atoms with E-state index in [2.05, 4.69) is 11.9 Å². The number of aliphatic imine (C=N–C) groups is 1. The van der Waals surface area contributed by atoms with Crippen molar-refractivity contribution < 1.29 is 14.3 Å². The highest BCUT2D eigenvalue weighted by molar-refractivity contribution is 5.52. The van der Waals surface area contributed by atoms with Crippen LogP contribution >= 0.6 is 0 Å². The topological polar surface area (TPSA) is 47.9 Å². The van der Waals surface area contributed by atoms with Crippen LogP contribution < -0.4 is 9.47 Å². The van der Waals surface area contributed by atoms with Crippen molar-refractivity contribution in [1.82, 2.24) is 0 Å². The van der Waals surface area contributed by atoms with Crippen molar-refractivity contribution in [3.05, 3.63) is 23.3 Å². The summed E-state index contributed by atoms with van der Waals surface area (Å²) in [6.07, 6.45) is 5.34. The van der Waals surface area contributed by atoms with Crippen molar-refractivity contribution in [1.29, 1.82) is 0 Å². The Hall–Kier alpha value is -1.80. The minimum absolute atomic E-state index is 0.466. The molecule has 4 heteroatoms. The van der Waals surface area contributed by atoms with Crippen LogP contribution in [0.5, 0.6) is 11.5 Å². The summed E-state index contributed by atoms with van der Waals surface area (Å²) in [4.78, 5) is 14.7. The molecule has 0 unspecified atom stereocenters. The van der Waals surface area contributed by atoms with Gasteiger partial charge in [0.2, 0.25) is 6.08 Å². The number of isocyanates is 1. The van der Waals surface area contributed by atoms with Gasteiger partial charge in [-0.2, -0.15) is 4.99 Å². The van der Waals surface area contributed by atoms with E-state index in [0.717, 1.165) is 48.3 Å². The molecule has 2 rings (SSSR count). The zero-order valence-electron chi connectivity index (χ0n) is 11.7. The summed E-state index contributed by atoms with van der Waals surface area (Å²) in [5.41, 5.74) is 1.55. The van der Waals surface area contributed by atoms with E-state index in [4.69, 9.17) is 9.47 Å². The number of benzene rings is 1. The Morgan fingerprint density at radius 1 is 1.26 bits per heavy atom. The highest BCUT2D eigenvalue weighted by Gasteiger charge is 2.41. The van der Waals surface area contributed by atoms with Crippen LogP contribution in [-0.4, -0.2) is 20.3 Å². The number of hydrogen-bond donors (Lipinski definition) is 0. The summed E-state index contributed by atoms with van der Waals surface area (Å²) in [6, 6.07) is 3.94. The van der Waals surface area contributed by atoms with E-state index in [0.29, 0.717) is 0 Å². The van der Waals surface area contributed by atoms with Crippen LogP contribution in [0.4, 0.5) is 0 Å². The summed E-state index contributed by atoms with van der Waals surface area (Å²) in [6.45, 7) is 2.07. The van der Waals surface area contributed by atoms with Crippen LogP contribution in [0.2, 0.25) is 0 Å². The molecule has 0 heterocycles. The average molecular weight is 261 g/mol. The van der Waals surface area contributed by atoms with E-state index in [-0.39, 0.29) is 0 Å². The molecule has 19 heavy (non-hydrogen) atoms. The third-order valence-electron chi connectivity index (χ3n) is 3.93. The maximum Gasteiger partial charge on any atom is 0.235 e. The third kappa shape index (κ3) is 2.24. The minimum atomic E-state index is -0.466. The summed E-state index contributed by atoms with van der Waals surface area (Å²) in [5, 5.41) is 0. The Kier molecular flexibility index (Phi) is 3.91. The van der Waals surface area contributed by atoms with Crippen molar-refractivity contribution >= 4 is 6.08 Å². The van der Waals surface area contributed by atoms with Gasteiger partial charge in [0.25, 0.3) is 0 Å². The van der Waals surface area contributed by atoms with Gasteiger partial charge in [0.05, 0.1) is 14.2 Å². The number of methoxy groups -OCH3 is 2. The molecule has 1 aromatic carbocycles. The maximum absolute atomic E-state index is 10.7. The standard InChI is InChI=1S/C15H19NO3/c1-4-11-8-14(19-3)12(9-13(11)18-2)15(16-10-17)6-5-7-15/h8-9H,4-7H2,1-3H3. The molecule has 0 N–H and O–H groups in total. The van der Waals surface area contributed by atoms with E-state index in [1.165, 1.54) is 0 Å². The Balaban J connectivity index is 2.58. The van der Waals surface area contributed by atoms with Crippen LogP contribution in [-0.2, 0) is 16.8 Å². The molecule has 0 saturated heterocycles. The first kappa shape index (κ1) is 13.6. The molecule has 0 aromatic heterocycles. The van der Waals surface area contributed by atoms with Gasteiger partial charge in [-0.15, -0.1) is 0 Å². The van der Waals surface area contributed by atoms with E-state index in [1.807, 2.05) is 12.1 Å². The number of rotatable bonds is 5. The SMILES string of the molecule is CCc1cc(OC)c(C2(N=C=O)CCC2)cc1OC. The van der Waals surface area contributed by atoms with Crippen LogP contribution in [0.25, 0.3) is 0 Å². The molecule has 1 fully saturated rings. The fraction of sp³-hybridized carbons (Fsp3) is 0.533. The number of hydrogen-bond acceptors (Lipinski definition) is 4. The van der Waals surface area contributed by atoms with Crippen LogP contribution in [0.15, 0.2) is 17.1 Å². The maximum atomic E-state index is 10.7. The highest BCUT2D eigenvalue weighted by atomic mass is 16.5. The lowest BCUT2D eigenvalue weighted by Crippen LogP contribution is -2.32. The van der Waals surface area contributed by atoms with Crippen LogP contribution in [0.3, 0.4) is 0 Å². The highest BCUT2D eigenvalue weighted by Crippen LogP contribution is 2.49. The first-order valence-corrected chi connectivity index (χ1v) is 6.55. The molecule has 1 saturated carbocycles. The molecule has 4 nitrogen and oxygen atoms in total. The average Bonchev–Trinajstić information content (AvgIpc) is 2.41. The van der Waals surface area contributed by atoms with Gasteiger partial charge in [-0.05, 0) is 43.4 Å². The van der Waals surface area contributed by atoms with Gasteiger partial charge in [0.15, 0.2) is 0 Å². The predicted molar refractivity (Wildman–Crippen MR) is 72.6 cm³/mol. The van der Waals surface area contributed by atoms with Gasteiger partial charge in [-0.3, -0.25) is 0 Å². The minimum Gasteiger partial charge on any atom is -0.496 e. The van der Waals surface area contributed by atoms with E-state index < -0.39 is 5.54 Å². The van der Waals surface area contributed by atoms with E-state index >= 15 is 0 Å². The zero-order chi connectivity index (χ0) is 13.9. The van der Waals surface area contributed by atoms with Crippen LogP contribution in [0, 0.1) is 0 Å². The second-order valence-corrected chi connectivity index (χ2v) is 4.81. The van der Waals surface area contributed by atoms with Gasteiger partial charge in [0, 0.05) is 5.56 Å². The van der Waals surface area contributed by atoms with Crippen molar-refractivity contribution in [2.45, 2.75) is 38.1 Å². The Labute approximate surface area is 113 Å². The Morgan fingerprint density at radius 3 is 2.37 bits per heavy atom. The molecule has 0 bridgehead atoms. The number of nitrogens with zero attached hydrogens (tertiary/aromatic N) is 1. The molecule has 0 radical (unpaired) electrons. The monoisotopic (exact) mass is 261 g/mol. The van der Waals surface area contributed by atoms with Crippen molar-refractivity contribution in [3.8, 4) is 11.5 Å². The molecule has 0 spiro atoms. The van der Waals surface area contributed by atoms with Gasteiger partial charge < -0.3 is 9.47 Å². The summed E-state index contributed by atoms with van der Waals surface area (Å²) >= 11 is 0. The zero-order valence-corrected chi connectivity index (χ0v) is 11.7. The fourth-order valence-corrected chi connectivity index (χ4v) is 2.64. The second kappa shape index (κ2) is 5.45. The quantitative estimate of drug-likeness (QED) is 0.604. The molecular weight excluding hydrogens is 242 g/mol. The van der Waals surface area contributed by atoms with Gasteiger partial charge >= 0.3 is 0 Å². The van der Waals surface area contributed by atoms with Crippen LogP contribution in [0.1, 0.15) is 37.3 Å². The van der Waals surface area contributed by atoms with Gasteiger partial charge in [-0.1, -0.05) is 6.92 Å².